The fourth-order valence-electron chi connectivity index (χ4n) is 2.40. The van der Waals surface area contributed by atoms with E-state index in [1.54, 1.807) is 7.11 Å². The van der Waals surface area contributed by atoms with Crippen LogP contribution in [0.4, 0.5) is 0 Å². The first-order valence-electron chi connectivity index (χ1n) is 7.61. The first-order chi connectivity index (χ1) is 10.2. The first kappa shape index (κ1) is 15.6. The molecule has 0 amide bonds. The maximum Gasteiger partial charge on any atom is 0.118 e. The normalized spacial score (nSPS) is 12.1. The van der Waals surface area contributed by atoms with E-state index in [0.717, 1.165) is 31.4 Å². The van der Waals surface area contributed by atoms with E-state index in [4.69, 9.17) is 10.5 Å². The summed E-state index contributed by atoms with van der Waals surface area (Å²) in [6.07, 6.45) is 4.15. The van der Waals surface area contributed by atoms with Gasteiger partial charge in [-0.15, -0.1) is 0 Å². The van der Waals surface area contributed by atoms with Gasteiger partial charge in [-0.25, -0.2) is 0 Å². The molecule has 0 radical (unpaired) electrons. The minimum absolute atomic E-state index is 0.258. The molecule has 0 aliphatic rings. The van der Waals surface area contributed by atoms with Crippen LogP contribution in [0.15, 0.2) is 48.5 Å². The van der Waals surface area contributed by atoms with Gasteiger partial charge in [0.15, 0.2) is 0 Å². The van der Waals surface area contributed by atoms with Gasteiger partial charge in [0.1, 0.15) is 5.75 Å². The second kappa shape index (κ2) is 7.84. The van der Waals surface area contributed by atoms with Gasteiger partial charge in [0.25, 0.3) is 0 Å². The number of hydrogen-bond acceptors (Lipinski definition) is 2. The fourth-order valence-corrected chi connectivity index (χ4v) is 2.40. The van der Waals surface area contributed by atoms with Crippen LogP contribution < -0.4 is 10.5 Å². The van der Waals surface area contributed by atoms with Crippen molar-refractivity contribution in [1.29, 1.82) is 0 Å². The highest BCUT2D eigenvalue weighted by atomic mass is 16.5. The van der Waals surface area contributed by atoms with Gasteiger partial charge in [-0.3, -0.25) is 0 Å². The zero-order valence-corrected chi connectivity index (χ0v) is 13.0. The van der Waals surface area contributed by atoms with Crippen molar-refractivity contribution in [3.63, 3.8) is 0 Å². The average molecular weight is 283 g/mol. The van der Waals surface area contributed by atoms with Crippen molar-refractivity contribution < 1.29 is 4.74 Å². The minimum atomic E-state index is 0.258. The summed E-state index contributed by atoms with van der Waals surface area (Å²) in [7, 11) is 1.69. The van der Waals surface area contributed by atoms with Crippen molar-refractivity contribution in [2.24, 2.45) is 5.73 Å². The van der Waals surface area contributed by atoms with Crippen LogP contribution in [0.2, 0.25) is 0 Å². The molecule has 0 bridgehead atoms. The van der Waals surface area contributed by atoms with E-state index in [9.17, 15) is 0 Å². The zero-order valence-electron chi connectivity index (χ0n) is 13.0. The fraction of sp³-hybridized carbons (Fsp3) is 0.368. The van der Waals surface area contributed by atoms with Gasteiger partial charge in [-0.1, -0.05) is 42.0 Å². The number of hydrogen-bond donors (Lipinski definition) is 1. The second-order valence-electron chi connectivity index (χ2n) is 5.67. The lowest BCUT2D eigenvalue weighted by Crippen LogP contribution is -2.21. The van der Waals surface area contributed by atoms with E-state index in [1.807, 2.05) is 12.1 Å². The van der Waals surface area contributed by atoms with E-state index >= 15 is 0 Å². The highest BCUT2D eigenvalue weighted by Gasteiger charge is 2.04. The third-order valence-corrected chi connectivity index (χ3v) is 3.89. The molecule has 0 heterocycles. The third kappa shape index (κ3) is 5.24. The lowest BCUT2D eigenvalue weighted by molar-refractivity contribution is 0.414. The van der Waals surface area contributed by atoms with Crippen LogP contribution in [0.25, 0.3) is 0 Å². The molecule has 0 spiro atoms. The molecule has 0 aliphatic heterocycles. The van der Waals surface area contributed by atoms with E-state index in [-0.39, 0.29) is 6.04 Å². The molecule has 0 saturated carbocycles. The molecule has 0 saturated heterocycles. The molecule has 2 aromatic carbocycles. The number of benzene rings is 2. The van der Waals surface area contributed by atoms with Gasteiger partial charge >= 0.3 is 0 Å². The van der Waals surface area contributed by atoms with E-state index < -0.39 is 0 Å². The van der Waals surface area contributed by atoms with E-state index in [0.29, 0.717) is 0 Å². The molecule has 0 fully saturated rings. The Labute approximate surface area is 127 Å². The Morgan fingerprint density at radius 3 is 1.81 bits per heavy atom. The average Bonchev–Trinajstić information content (AvgIpc) is 2.53. The number of rotatable bonds is 7. The molecular weight excluding hydrogens is 258 g/mol. The van der Waals surface area contributed by atoms with Crippen molar-refractivity contribution in [2.45, 2.75) is 38.6 Å². The molecule has 1 unspecified atom stereocenters. The van der Waals surface area contributed by atoms with Crippen LogP contribution in [-0.2, 0) is 12.8 Å². The van der Waals surface area contributed by atoms with Gasteiger partial charge in [0, 0.05) is 6.04 Å². The van der Waals surface area contributed by atoms with Gasteiger partial charge in [0.05, 0.1) is 7.11 Å². The predicted octanol–water partition coefficient (Wildman–Crippen LogP) is 3.90. The topological polar surface area (TPSA) is 35.2 Å². The van der Waals surface area contributed by atoms with Crippen LogP contribution in [0.1, 0.15) is 29.5 Å². The zero-order chi connectivity index (χ0) is 15.1. The predicted molar refractivity (Wildman–Crippen MR) is 88.8 cm³/mol. The molecule has 2 rings (SSSR count). The molecular formula is C19H25NO. The van der Waals surface area contributed by atoms with Gasteiger partial charge in [-0.2, -0.15) is 0 Å². The Kier molecular flexibility index (Phi) is 5.82. The Bertz CT molecular complexity index is 530. The SMILES string of the molecule is COc1ccc(CCC(N)CCc2ccc(C)cc2)cc1. The second-order valence-corrected chi connectivity index (χ2v) is 5.67. The van der Waals surface area contributed by atoms with Crippen LogP contribution in [-0.4, -0.2) is 13.2 Å². The molecule has 2 nitrogen and oxygen atoms in total. The summed E-state index contributed by atoms with van der Waals surface area (Å²) >= 11 is 0. The van der Waals surface area contributed by atoms with Crippen molar-refractivity contribution in [1.82, 2.24) is 0 Å². The Morgan fingerprint density at radius 1 is 0.857 bits per heavy atom. The summed E-state index contributed by atoms with van der Waals surface area (Å²) in [4.78, 5) is 0. The van der Waals surface area contributed by atoms with Crippen molar-refractivity contribution in [2.75, 3.05) is 7.11 Å². The Morgan fingerprint density at radius 2 is 1.33 bits per heavy atom. The van der Waals surface area contributed by atoms with Gasteiger partial charge in [-0.05, 0) is 55.9 Å². The molecule has 21 heavy (non-hydrogen) atoms. The van der Waals surface area contributed by atoms with Crippen LogP contribution >= 0.6 is 0 Å². The minimum Gasteiger partial charge on any atom is -0.497 e. The molecule has 2 heteroatoms. The van der Waals surface area contributed by atoms with Crippen LogP contribution in [0.5, 0.6) is 5.75 Å². The molecule has 0 aliphatic carbocycles. The Balaban J connectivity index is 1.73. The van der Waals surface area contributed by atoms with Gasteiger partial charge < -0.3 is 10.5 Å². The summed E-state index contributed by atoms with van der Waals surface area (Å²) in [5.74, 6) is 0.905. The smallest absolute Gasteiger partial charge is 0.118 e. The van der Waals surface area contributed by atoms with Crippen molar-refractivity contribution >= 4 is 0 Å². The maximum atomic E-state index is 6.23. The molecule has 2 aromatic rings. The monoisotopic (exact) mass is 283 g/mol. The van der Waals surface area contributed by atoms with Crippen LogP contribution in [0, 0.1) is 6.92 Å². The largest absolute Gasteiger partial charge is 0.497 e. The third-order valence-electron chi connectivity index (χ3n) is 3.89. The lowest BCUT2D eigenvalue weighted by Gasteiger charge is -2.12. The lowest BCUT2D eigenvalue weighted by atomic mass is 9.99. The van der Waals surface area contributed by atoms with Crippen LogP contribution in [0.3, 0.4) is 0 Å². The summed E-state index contributed by atoms with van der Waals surface area (Å²) in [5, 5.41) is 0. The van der Waals surface area contributed by atoms with E-state index in [2.05, 4.69) is 43.3 Å². The standard InChI is InChI=1S/C19H25NO/c1-15-3-5-16(6-4-15)7-11-18(20)12-8-17-9-13-19(21-2)14-10-17/h3-6,9-10,13-14,18H,7-8,11-12,20H2,1-2H3. The van der Waals surface area contributed by atoms with Crippen molar-refractivity contribution in [3.8, 4) is 5.75 Å². The quantitative estimate of drug-likeness (QED) is 0.836. The summed E-state index contributed by atoms with van der Waals surface area (Å²) < 4.78 is 5.17. The maximum absolute atomic E-state index is 6.23. The van der Waals surface area contributed by atoms with E-state index in [1.165, 1.54) is 16.7 Å². The first-order valence-corrected chi connectivity index (χ1v) is 7.61. The molecule has 112 valence electrons. The van der Waals surface area contributed by atoms with Gasteiger partial charge in [0.2, 0.25) is 0 Å². The highest BCUT2D eigenvalue weighted by Crippen LogP contribution is 2.14. The molecule has 1 atom stereocenters. The number of nitrogens with two attached hydrogens (primary N) is 1. The number of ether oxygens (including phenoxy) is 1. The Hall–Kier alpha value is -1.80. The van der Waals surface area contributed by atoms with Crippen molar-refractivity contribution in [3.05, 3.63) is 65.2 Å². The molecule has 2 N–H and O–H groups in total. The summed E-state index contributed by atoms with van der Waals surface area (Å²) in [5.41, 5.74) is 10.2. The molecule has 0 aromatic heterocycles. The number of methoxy groups -OCH3 is 1. The number of aryl methyl sites for hydroxylation is 3. The summed E-state index contributed by atoms with van der Waals surface area (Å²) in [6, 6.07) is 17.2. The summed E-state index contributed by atoms with van der Waals surface area (Å²) in [6.45, 7) is 2.12. The highest BCUT2D eigenvalue weighted by molar-refractivity contribution is 5.27.